The van der Waals surface area contributed by atoms with Gasteiger partial charge >= 0.3 is 18.0 Å². The third-order valence-electron chi connectivity index (χ3n) is 2.38. The highest BCUT2D eigenvalue weighted by Gasteiger charge is 2.24. The van der Waals surface area contributed by atoms with Crippen LogP contribution in [0.1, 0.15) is 6.42 Å². The van der Waals surface area contributed by atoms with Crippen molar-refractivity contribution in [3.8, 4) is 0 Å². The summed E-state index contributed by atoms with van der Waals surface area (Å²) < 4.78 is 5.05. The Hall–Kier alpha value is -1.80. The van der Waals surface area contributed by atoms with Gasteiger partial charge in [0.15, 0.2) is 0 Å². The monoisotopic (exact) mass is 378 g/mol. The van der Waals surface area contributed by atoms with Crippen molar-refractivity contribution in [3.63, 3.8) is 0 Å². The number of amides is 2. The number of aliphatic carboxylic acids is 1. The van der Waals surface area contributed by atoms with Crippen molar-refractivity contribution in [1.29, 1.82) is 0 Å². The lowest BCUT2D eigenvalue weighted by Crippen LogP contribution is -2.44. The molecule has 0 bridgehead atoms. The predicted octanol–water partition coefficient (Wildman–Crippen LogP) is 2.24. The van der Waals surface area contributed by atoms with Crippen molar-refractivity contribution >= 4 is 51.2 Å². The Kier molecular flexibility index (Phi) is 6.44. The summed E-state index contributed by atoms with van der Waals surface area (Å²) in [4.78, 5) is 33.8. The molecule has 0 saturated carbocycles. The minimum atomic E-state index is -1.40. The number of rotatable bonds is 5. The highest BCUT2D eigenvalue weighted by atomic mass is 79.9. The quantitative estimate of drug-likeness (QED) is 0.681. The summed E-state index contributed by atoms with van der Waals surface area (Å²) in [5.41, 5.74) is 0.297. The zero-order valence-corrected chi connectivity index (χ0v) is 13.2. The van der Waals surface area contributed by atoms with Gasteiger partial charge in [-0.1, -0.05) is 27.5 Å². The molecule has 1 aromatic rings. The molecular weight excluding hydrogens is 367 g/mol. The number of anilines is 1. The number of carboxylic acids is 1. The van der Waals surface area contributed by atoms with Crippen LogP contribution in [0.25, 0.3) is 0 Å². The molecule has 0 spiro atoms. The van der Waals surface area contributed by atoms with Crippen molar-refractivity contribution in [2.24, 2.45) is 0 Å². The van der Waals surface area contributed by atoms with E-state index in [1.54, 1.807) is 18.2 Å². The summed E-state index contributed by atoms with van der Waals surface area (Å²) in [7, 11) is 1.13. The first-order valence-electron chi connectivity index (χ1n) is 5.65. The molecule has 0 unspecified atom stereocenters. The Morgan fingerprint density at radius 3 is 2.67 bits per heavy atom. The number of carbonyl (C=O) groups excluding carboxylic acids is 2. The van der Waals surface area contributed by atoms with E-state index in [9.17, 15) is 14.4 Å². The predicted molar refractivity (Wildman–Crippen MR) is 79.4 cm³/mol. The van der Waals surface area contributed by atoms with E-state index < -0.39 is 30.4 Å². The van der Waals surface area contributed by atoms with Crippen LogP contribution in [-0.2, 0) is 14.3 Å². The van der Waals surface area contributed by atoms with E-state index >= 15 is 0 Å². The molecule has 0 aliphatic rings. The van der Waals surface area contributed by atoms with Gasteiger partial charge < -0.3 is 20.5 Å². The third-order valence-corrected chi connectivity index (χ3v) is 3.20. The Balaban J connectivity index is 2.72. The summed E-state index contributed by atoms with van der Waals surface area (Å²) >= 11 is 9.11. The fourth-order valence-corrected chi connectivity index (χ4v) is 1.89. The van der Waals surface area contributed by atoms with E-state index in [4.69, 9.17) is 16.7 Å². The summed E-state index contributed by atoms with van der Waals surface area (Å²) in [6, 6.07) is 2.60. The summed E-state index contributed by atoms with van der Waals surface area (Å²) in [5.74, 6) is -2.10. The van der Waals surface area contributed by atoms with Crippen LogP contribution in [0.3, 0.4) is 0 Å². The smallest absolute Gasteiger partial charge is 0.326 e. The minimum absolute atomic E-state index is 0.285. The van der Waals surface area contributed by atoms with Gasteiger partial charge in [-0.3, -0.25) is 4.79 Å². The van der Waals surface area contributed by atoms with Crippen LogP contribution in [-0.4, -0.2) is 36.2 Å². The van der Waals surface area contributed by atoms with Gasteiger partial charge in [0.1, 0.15) is 6.04 Å². The van der Waals surface area contributed by atoms with Crippen molar-refractivity contribution in [3.05, 3.63) is 27.7 Å². The number of ether oxygens (including phenoxy) is 1. The average molecular weight is 380 g/mol. The van der Waals surface area contributed by atoms with Gasteiger partial charge in [-0.25, -0.2) is 9.59 Å². The van der Waals surface area contributed by atoms with Crippen LogP contribution in [0.4, 0.5) is 10.5 Å². The van der Waals surface area contributed by atoms with Crippen LogP contribution in [0.15, 0.2) is 22.7 Å². The van der Waals surface area contributed by atoms with Gasteiger partial charge in [0.05, 0.1) is 24.2 Å². The Bertz CT molecular complexity index is 567. The first-order valence-corrected chi connectivity index (χ1v) is 6.82. The zero-order valence-electron chi connectivity index (χ0n) is 10.9. The average Bonchev–Trinajstić information content (AvgIpc) is 2.41. The molecule has 21 heavy (non-hydrogen) atoms. The Morgan fingerprint density at radius 2 is 2.10 bits per heavy atom. The number of esters is 1. The van der Waals surface area contributed by atoms with Crippen LogP contribution in [0.2, 0.25) is 5.02 Å². The molecule has 1 rings (SSSR count). The molecule has 7 nitrogen and oxygen atoms in total. The molecule has 0 saturated heterocycles. The normalized spacial score (nSPS) is 11.4. The van der Waals surface area contributed by atoms with E-state index in [0.717, 1.165) is 7.11 Å². The zero-order chi connectivity index (χ0) is 16.0. The SMILES string of the molecule is COC(=O)C[C@H](NC(=O)Nc1cc(Br)ccc1Cl)C(=O)O. The first-order chi connectivity index (χ1) is 9.83. The molecule has 0 heterocycles. The lowest BCUT2D eigenvalue weighted by atomic mass is 10.2. The minimum Gasteiger partial charge on any atom is -0.480 e. The molecule has 114 valence electrons. The van der Waals surface area contributed by atoms with E-state index in [0.29, 0.717) is 10.2 Å². The number of benzene rings is 1. The van der Waals surface area contributed by atoms with Gasteiger partial charge in [0.2, 0.25) is 0 Å². The number of nitrogens with one attached hydrogen (secondary N) is 2. The summed E-state index contributed by atoms with van der Waals surface area (Å²) in [5, 5.41) is 13.8. The highest BCUT2D eigenvalue weighted by molar-refractivity contribution is 9.10. The van der Waals surface area contributed by atoms with Gasteiger partial charge in [0, 0.05) is 4.47 Å². The number of urea groups is 1. The summed E-state index contributed by atoms with van der Waals surface area (Å²) in [6.07, 6.45) is -0.481. The molecule has 0 radical (unpaired) electrons. The topological polar surface area (TPSA) is 105 Å². The van der Waals surface area contributed by atoms with E-state index in [1.165, 1.54) is 0 Å². The maximum atomic E-state index is 11.7. The number of hydrogen-bond acceptors (Lipinski definition) is 4. The maximum absolute atomic E-state index is 11.7. The van der Waals surface area contributed by atoms with Crippen molar-refractivity contribution in [1.82, 2.24) is 5.32 Å². The third kappa shape index (κ3) is 5.60. The molecule has 0 aliphatic carbocycles. The Morgan fingerprint density at radius 1 is 1.43 bits per heavy atom. The molecular formula is C12H12BrClN2O5. The largest absolute Gasteiger partial charge is 0.480 e. The van der Waals surface area contributed by atoms with Gasteiger partial charge in [0.25, 0.3) is 0 Å². The van der Waals surface area contributed by atoms with Gasteiger partial charge in [-0.15, -0.1) is 0 Å². The Labute approximate surface area is 133 Å². The van der Waals surface area contributed by atoms with Gasteiger partial charge in [-0.05, 0) is 18.2 Å². The van der Waals surface area contributed by atoms with Gasteiger partial charge in [-0.2, -0.15) is 0 Å². The molecule has 1 aromatic carbocycles. The summed E-state index contributed by atoms with van der Waals surface area (Å²) in [6.45, 7) is 0. The van der Waals surface area contributed by atoms with Crippen LogP contribution in [0.5, 0.6) is 0 Å². The second-order valence-corrected chi connectivity index (χ2v) is 5.22. The standard InChI is InChI=1S/C12H12BrClN2O5/c1-21-10(17)5-9(11(18)19)16-12(20)15-8-4-6(13)2-3-7(8)14/h2-4,9H,5H2,1H3,(H,18,19)(H2,15,16,20)/t9-/m0/s1. The van der Waals surface area contributed by atoms with Crippen molar-refractivity contribution in [2.75, 3.05) is 12.4 Å². The molecule has 0 aliphatic heterocycles. The van der Waals surface area contributed by atoms with Crippen LogP contribution >= 0.6 is 27.5 Å². The van der Waals surface area contributed by atoms with E-state index in [-0.39, 0.29) is 5.02 Å². The molecule has 0 aromatic heterocycles. The highest BCUT2D eigenvalue weighted by Crippen LogP contribution is 2.25. The number of carbonyl (C=O) groups is 3. The number of halogens is 2. The number of methoxy groups -OCH3 is 1. The first kappa shape index (κ1) is 17.3. The van der Waals surface area contributed by atoms with E-state index in [2.05, 4.69) is 31.3 Å². The van der Waals surface area contributed by atoms with E-state index in [1.807, 2.05) is 0 Å². The van der Waals surface area contributed by atoms with Crippen LogP contribution < -0.4 is 10.6 Å². The van der Waals surface area contributed by atoms with Crippen molar-refractivity contribution in [2.45, 2.75) is 12.5 Å². The maximum Gasteiger partial charge on any atom is 0.326 e. The molecule has 9 heteroatoms. The van der Waals surface area contributed by atoms with Crippen LogP contribution in [0, 0.1) is 0 Å². The second-order valence-electron chi connectivity index (χ2n) is 3.89. The fourth-order valence-electron chi connectivity index (χ4n) is 1.36. The lowest BCUT2D eigenvalue weighted by Gasteiger charge is -2.14. The number of carboxylic acid groups (broad SMARTS) is 1. The molecule has 0 fully saturated rings. The molecule has 1 atom stereocenters. The second kappa shape index (κ2) is 7.84. The lowest BCUT2D eigenvalue weighted by molar-refractivity contribution is -0.147. The number of hydrogen-bond donors (Lipinski definition) is 3. The fraction of sp³-hybridized carbons (Fsp3) is 0.250. The molecule has 2 amide bonds. The van der Waals surface area contributed by atoms with Crippen molar-refractivity contribution < 1.29 is 24.2 Å². The molecule has 3 N–H and O–H groups in total.